The highest BCUT2D eigenvalue weighted by Crippen LogP contribution is 2.42. The lowest BCUT2D eigenvalue weighted by Crippen LogP contribution is -2.39. The van der Waals surface area contributed by atoms with Gasteiger partial charge in [-0.1, -0.05) is 12.1 Å². The van der Waals surface area contributed by atoms with Crippen LogP contribution in [0.1, 0.15) is 42.7 Å². The molecule has 17 heavy (non-hydrogen) atoms. The topological polar surface area (TPSA) is 27.0 Å². The molecule has 0 saturated carbocycles. The summed E-state index contributed by atoms with van der Waals surface area (Å²) >= 11 is 0. The summed E-state index contributed by atoms with van der Waals surface area (Å²) in [6, 6.07) is 12.0. The molecule has 2 aliphatic heterocycles. The Morgan fingerprint density at radius 1 is 1.24 bits per heavy atom. The first kappa shape index (κ1) is 10.8. The standard InChI is InChI=1S/C15H18N2/c1-17-14-5-6-15(17)9-13(8-14)12-4-2-3-11(7-12)10-16/h2-4,7,13-15H,5-6,8-9H2,1H3/t13?,14-,15+. The monoisotopic (exact) mass is 226 g/mol. The SMILES string of the molecule is CN1[C@@H]2CC[C@H]1CC(c1cccc(C#N)c1)C2. The van der Waals surface area contributed by atoms with Crippen LogP contribution >= 0.6 is 0 Å². The fraction of sp³-hybridized carbons (Fsp3) is 0.533. The fourth-order valence-electron chi connectivity index (χ4n) is 3.55. The van der Waals surface area contributed by atoms with Crippen LogP contribution in [0, 0.1) is 11.3 Å². The smallest absolute Gasteiger partial charge is 0.0991 e. The molecular weight excluding hydrogens is 208 g/mol. The van der Waals surface area contributed by atoms with Crippen LogP contribution in [0.3, 0.4) is 0 Å². The molecule has 2 bridgehead atoms. The third-order valence-electron chi connectivity index (χ3n) is 4.59. The van der Waals surface area contributed by atoms with Crippen LogP contribution in [-0.4, -0.2) is 24.0 Å². The zero-order chi connectivity index (χ0) is 11.8. The van der Waals surface area contributed by atoms with Crippen molar-refractivity contribution in [1.29, 1.82) is 5.26 Å². The van der Waals surface area contributed by atoms with Crippen LogP contribution in [0.2, 0.25) is 0 Å². The molecule has 2 nitrogen and oxygen atoms in total. The van der Waals surface area contributed by atoms with Crippen LogP contribution in [0.25, 0.3) is 0 Å². The van der Waals surface area contributed by atoms with Gasteiger partial charge >= 0.3 is 0 Å². The minimum atomic E-state index is 0.664. The Bertz CT molecular complexity index is 446. The third-order valence-corrected chi connectivity index (χ3v) is 4.59. The lowest BCUT2D eigenvalue weighted by molar-refractivity contribution is 0.161. The average molecular weight is 226 g/mol. The first-order valence-corrected chi connectivity index (χ1v) is 6.50. The molecule has 2 saturated heterocycles. The molecule has 0 N–H and O–H groups in total. The maximum Gasteiger partial charge on any atom is 0.0991 e. The van der Waals surface area contributed by atoms with Gasteiger partial charge in [0.2, 0.25) is 0 Å². The van der Waals surface area contributed by atoms with Gasteiger partial charge in [-0.3, -0.25) is 0 Å². The van der Waals surface area contributed by atoms with Gasteiger partial charge in [0.15, 0.2) is 0 Å². The molecule has 88 valence electrons. The Morgan fingerprint density at radius 3 is 2.59 bits per heavy atom. The summed E-state index contributed by atoms with van der Waals surface area (Å²) in [5.74, 6) is 0.664. The lowest BCUT2D eigenvalue weighted by Gasteiger charge is -2.36. The highest BCUT2D eigenvalue weighted by atomic mass is 15.2. The number of nitrogens with zero attached hydrogens (tertiary/aromatic N) is 2. The van der Waals surface area contributed by atoms with Crippen molar-refractivity contribution in [3.8, 4) is 6.07 Å². The predicted molar refractivity (Wildman–Crippen MR) is 67.7 cm³/mol. The second-order valence-corrected chi connectivity index (χ2v) is 5.46. The zero-order valence-corrected chi connectivity index (χ0v) is 10.3. The Hall–Kier alpha value is -1.33. The maximum absolute atomic E-state index is 8.96. The van der Waals surface area contributed by atoms with Crippen LogP contribution in [0.4, 0.5) is 0 Å². The summed E-state index contributed by atoms with van der Waals surface area (Å²) in [7, 11) is 2.27. The van der Waals surface area contributed by atoms with Crippen molar-refractivity contribution in [2.45, 2.75) is 43.7 Å². The van der Waals surface area contributed by atoms with Crippen LogP contribution in [-0.2, 0) is 0 Å². The normalized spacial score (nSPS) is 32.4. The van der Waals surface area contributed by atoms with E-state index in [4.69, 9.17) is 5.26 Å². The number of nitriles is 1. The van der Waals surface area contributed by atoms with Crippen molar-refractivity contribution >= 4 is 0 Å². The largest absolute Gasteiger partial charge is 0.300 e. The van der Waals surface area contributed by atoms with Crippen molar-refractivity contribution in [2.75, 3.05) is 7.05 Å². The van der Waals surface area contributed by atoms with Crippen molar-refractivity contribution in [3.05, 3.63) is 35.4 Å². The number of piperidine rings is 1. The number of hydrogen-bond donors (Lipinski definition) is 0. The van der Waals surface area contributed by atoms with E-state index in [0.717, 1.165) is 17.6 Å². The number of rotatable bonds is 1. The Kier molecular flexibility index (Phi) is 2.64. The highest BCUT2D eigenvalue weighted by molar-refractivity contribution is 5.35. The van der Waals surface area contributed by atoms with E-state index in [2.05, 4.69) is 30.1 Å². The molecule has 0 aliphatic carbocycles. The molecule has 3 rings (SSSR count). The Morgan fingerprint density at radius 2 is 1.94 bits per heavy atom. The van der Waals surface area contributed by atoms with E-state index in [1.165, 1.54) is 31.2 Å². The van der Waals surface area contributed by atoms with Crippen molar-refractivity contribution < 1.29 is 0 Å². The molecule has 2 heterocycles. The van der Waals surface area contributed by atoms with Gasteiger partial charge in [0, 0.05) is 12.1 Å². The second kappa shape index (κ2) is 4.16. The van der Waals surface area contributed by atoms with Gasteiger partial charge in [-0.15, -0.1) is 0 Å². The van der Waals surface area contributed by atoms with Crippen molar-refractivity contribution in [3.63, 3.8) is 0 Å². The van der Waals surface area contributed by atoms with Crippen LogP contribution < -0.4 is 0 Å². The summed E-state index contributed by atoms with van der Waals surface area (Å²) in [4.78, 5) is 2.56. The average Bonchev–Trinajstić information content (AvgIpc) is 2.61. The first-order chi connectivity index (χ1) is 8.28. The molecule has 1 unspecified atom stereocenters. The summed E-state index contributed by atoms with van der Waals surface area (Å²) in [5, 5.41) is 8.96. The molecule has 0 radical (unpaired) electrons. The van der Waals surface area contributed by atoms with Gasteiger partial charge in [-0.2, -0.15) is 5.26 Å². The van der Waals surface area contributed by atoms with Gasteiger partial charge in [0.25, 0.3) is 0 Å². The lowest BCUT2D eigenvalue weighted by atomic mass is 9.85. The molecule has 0 aromatic heterocycles. The van der Waals surface area contributed by atoms with Crippen LogP contribution in [0.5, 0.6) is 0 Å². The van der Waals surface area contributed by atoms with Gasteiger partial charge in [0.1, 0.15) is 0 Å². The number of benzene rings is 1. The summed E-state index contributed by atoms with van der Waals surface area (Å²) < 4.78 is 0. The van der Waals surface area contributed by atoms with Crippen molar-refractivity contribution in [2.24, 2.45) is 0 Å². The predicted octanol–water partition coefficient (Wildman–Crippen LogP) is 2.90. The summed E-state index contributed by atoms with van der Waals surface area (Å²) in [6.07, 6.45) is 5.25. The quantitative estimate of drug-likeness (QED) is 0.736. The minimum absolute atomic E-state index is 0.664. The number of fused-ring (bicyclic) bond motifs is 2. The van der Waals surface area contributed by atoms with E-state index in [1.807, 2.05) is 12.1 Å². The third kappa shape index (κ3) is 1.85. The number of hydrogen-bond acceptors (Lipinski definition) is 2. The van der Waals surface area contributed by atoms with Crippen molar-refractivity contribution in [1.82, 2.24) is 4.90 Å². The van der Waals surface area contributed by atoms with Gasteiger partial charge in [-0.05, 0) is 56.3 Å². The molecule has 0 amide bonds. The molecule has 0 spiro atoms. The molecule has 2 fully saturated rings. The van der Waals surface area contributed by atoms with Crippen LogP contribution in [0.15, 0.2) is 24.3 Å². The second-order valence-electron chi connectivity index (χ2n) is 5.46. The Labute approximate surface area is 103 Å². The van der Waals surface area contributed by atoms with Gasteiger partial charge < -0.3 is 4.90 Å². The molecule has 1 aromatic rings. The van der Waals surface area contributed by atoms with Gasteiger partial charge in [0.05, 0.1) is 11.6 Å². The van der Waals surface area contributed by atoms with E-state index >= 15 is 0 Å². The zero-order valence-electron chi connectivity index (χ0n) is 10.3. The Balaban J connectivity index is 1.84. The molecule has 2 aliphatic rings. The minimum Gasteiger partial charge on any atom is -0.300 e. The van der Waals surface area contributed by atoms with E-state index in [1.54, 1.807) is 0 Å². The van der Waals surface area contributed by atoms with E-state index in [9.17, 15) is 0 Å². The molecule has 2 heteroatoms. The molecule has 1 aromatic carbocycles. The summed E-state index contributed by atoms with van der Waals surface area (Å²) in [5.41, 5.74) is 2.17. The van der Waals surface area contributed by atoms with E-state index in [0.29, 0.717) is 5.92 Å². The first-order valence-electron chi connectivity index (χ1n) is 6.50. The fourth-order valence-corrected chi connectivity index (χ4v) is 3.55. The van der Waals surface area contributed by atoms with E-state index in [-0.39, 0.29) is 0 Å². The highest BCUT2D eigenvalue weighted by Gasteiger charge is 2.38. The summed E-state index contributed by atoms with van der Waals surface area (Å²) in [6.45, 7) is 0. The van der Waals surface area contributed by atoms with E-state index < -0.39 is 0 Å². The molecular formula is C15H18N2. The maximum atomic E-state index is 8.96. The molecule has 3 atom stereocenters. The van der Waals surface area contributed by atoms with Gasteiger partial charge in [-0.25, -0.2) is 0 Å².